The fourth-order valence-electron chi connectivity index (χ4n) is 2.76. The van der Waals surface area contributed by atoms with Crippen LogP contribution in [0.25, 0.3) is 16.9 Å². The number of para-hydroxylation sites is 1. The number of H-pyrrole nitrogens is 1. The van der Waals surface area contributed by atoms with Crippen molar-refractivity contribution in [1.82, 2.24) is 25.1 Å². The van der Waals surface area contributed by atoms with Crippen LogP contribution in [-0.2, 0) is 0 Å². The summed E-state index contributed by atoms with van der Waals surface area (Å²) in [5, 5.41) is 7.80. The Morgan fingerprint density at radius 3 is 2.86 bits per heavy atom. The summed E-state index contributed by atoms with van der Waals surface area (Å²) < 4.78 is 1.88. The molecule has 0 bridgehead atoms. The fraction of sp³-hybridized carbons (Fsp3) is 0.250. The summed E-state index contributed by atoms with van der Waals surface area (Å²) in [6.07, 6.45) is 6.95. The van der Waals surface area contributed by atoms with E-state index in [2.05, 4.69) is 20.4 Å². The number of hydrogen-bond acceptors (Lipinski definition) is 3. The maximum Gasteiger partial charge on any atom is 0.110 e. The van der Waals surface area contributed by atoms with E-state index in [1.54, 1.807) is 0 Å². The Kier molecular flexibility index (Phi) is 3.05. The van der Waals surface area contributed by atoms with Crippen molar-refractivity contribution in [3.63, 3.8) is 0 Å². The molecule has 1 saturated heterocycles. The normalized spacial score (nSPS) is 18.2. The molecule has 0 radical (unpaired) electrons. The highest BCUT2D eigenvalue weighted by Crippen LogP contribution is 2.23. The van der Waals surface area contributed by atoms with E-state index in [4.69, 9.17) is 0 Å². The molecule has 0 spiro atoms. The van der Waals surface area contributed by atoms with Gasteiger partial charge >= 0.3 is 0 Å². The molecule has 4 rings (SSSR count). The first-order valence-electron chi connectivity index (χ1n) is 7.26. The lowest BCUT2D eigenvalue weighted by Crippen LogP contribution is -2.08. The molecule has 1 unspecified atom stereocenters. The van der Waals surface area contributed by atoms with E-state index in [9.17, 15) is 0 Å². The van der Waals surface area contributed by atoms with Crippen molar-refractivity contribution in [2.75, 3.05) is 13.1 Å². The van der Waals surface area contributed by atoms with Crippen LogP contribution in [0, 0.1) is 0 Å². The predicted octanol–water partition coefficient (Wildman–Crippen LogP) is 2.34. The Morgan fingerprint density at radius 2 is 2.05 bits per heavy atom. The average Bonchev–Trinajstić information content (AvgIpc) is 3.27. The number of aromatic amines is 1. The standard InChI is InChI=1S/C16H17N5/c1-2-4-14(5-3-1)21-11-13(9-19-21)15-10-18-16(20-15)12-6-7-17-8-12/h1-5,9-12,17H,6-8H2,(H,18,20). The van der Waals surface area contributed by atoms with Gasteiger partial charge in [-0.2, -0.15) is 5.10 Å². The lowest BCUT2D eigenvalue weighted by Gasteiger charge is -2.02. The number of benzene rings is 1. The van der Waals surface area contributed by atoms with Crippen LogP contribution in [0.4, 0.5) is 0 Å². The van der Waals surface area contributed by atoms with E-state index >= 15 is 0 Å². The summed E-state index contributed by atoms with van der Waals surface area (Å²) in [5.74, 6) is 1.57. The van der Waals surface area contributed by atoms with Gasteiger partial charge in [0, 0.05) is 24.2 Å². The molecule has 21 heavy (non-hydrogen) atoms. The van der Waals surface area contributed by atoms with Crippen molar-refractivity contribution in [1.29, 1.82) is 0 Å². The number of aromatic nitrogens is 4. The van der Waals surface area contributed by atoms with Crippen molar-refractivity contribution in [3.05, 3.63) is 54.7 Å². The first-order valence-corrected chi connectivity index (χ1v) is 7.26. The van der Waals surface area contributed by atoms with Crippen LogP contribution in [0.1, 0.15) is 18.2 Å². The van der Waals surface area contributed by atoms with Gasteiger partial charge < -0.3 is 10.3 Å². The van der Waals surface area contributed by atoms with Crippen LogP contribution in [-0.4, -0.2) is 32.8 Å². The maximum atomic E-state index is 4.52. The molecule has 3 aromatic rings. The minimum atomic E-state index is 0.503. The molecular formula is C16H17N5. The third-order valence-corrected chi connectivity index (χ3v) is 3.96. The quantitative estimate of drug-likeness (QED) is 0.773. The third kappa shape index (κ3) is 2.36. The van der Waals surface area contributed by atoms with Gasteiger partial charge in [0.25, 0.3) is 0 Å². The first-order chi connectivity index (χ1) is 10.4. The number of rotatable bonds is 3. The Bertz CT molecular complexity index is 722. The summed E-state index contributed by atoms with van der Waals surface area (Å²) in [7, 11) is 0. The minimum absolute atomic E-state index is 0.503. The van der Waals surface area contributed by atoms with Crippen molar-refractivity contribution in [2.45, 2.75) is 12.3 Å². The Labute approximate surface area is 123 Å². The van der Waals surface area contributed by atoms with Gasteiger partial charge in [0.15, 0.2) is 0 Å². The molecule has 1 atom stereocenters. The molecule has 1 fully saturated rings. The summed E-state index contributed by atoms with van der Waals surface area (Å²) in [6.45, 7) is 2.09. The molecule has 2 N–H and O–H groups in total. The van der Waals surface area contributed by atoms with E-state index in [1.165, 1.54) is 0 Å². The Hall–Kier alpha value is -2.40. The SMILES string of the molecule is c1ccc(-n2cc(-c3cnc(C4CCNC4)[nH]3)cn2)cc1. The van der Waals surface area contributed by atoms with E-state index < -0.39 is 0 Å². The second kappa shape index (κ2) is 5.18. The van der Waals surface area contributed by atoms with E-state index in [0.717, 1.165) is 42.3 Å². The zero-order valence-electron chi connectivity index (χ0n) is 11.7. The van der Waals surface area contributed by atoms with Crippen LogP contribution in [0.3, 0.4) is 0 Å². The van der Waals surface area contributed by atoms with Crippen LogP contribution in [0.15, 0.2) is 48.9 Å². The number of nitrogens with one attached hydrogen (secondary N) is 2. The first kappa shape index (κ1) is 12.3. The van der Waals surface area contributed by atoms with Gasteiger partial charge in [-0.1, -0.05) is 18.2 Å². The van der Waals surface area contributed by atoms with Gasteiger partial charge in [-0.05, 0) is 25.1 Å². The zero-order valence-corrected chi connectivity index (χ0v) is 11.7. The van der Waals surface area contributed by atoms with E-state index in [-0.39, 0.29) is 0 Å². The number of hydrogen-bond donors (Lipinski definition) is 2. The highest BCUT2D eigenvalue weighted by molar-refractivity contribution is 5.57. The lowest BCUT2D eigenvalue weighted by molar-refractivity contribution is 0.715. The van der Waals surface area contributed by atoms with Crippen molar-refractivity contribution in [2.24, 2.45) is 0 Å². The molecule has 0 saturated carbocycles. The van der Waals surface area contributed by atoms with E-state index in [1.807, 2.05) is 53.6 Å². The molecule has 106 valence electrons. The summed E-state index contributed by atoms with van der Waals surface area (Å²) >= 11 is 0. The molecule has 2 aromatic heterocycles. The summed E-state index contributed by atoms with van der Waals surface area (Å²) in [6, 6.07) is 10.1. The van der Waals surface area contributed by atoms with Crippen LogP contribution >= 0.6 is 0 Å². The van der Waals surface area contributed by atoms with Gasteiger partial charge in [-0.3, -0.25) is 0 Å². The average molecular weight is 279 g/mol. The summed E-state index contributed by atoms with van der Waals surface area (Å²) in [4.78, 5) is 7.96. The molecule has 1 aromatic carbocycles. The van der Waals surface area contributed by atoms with Crippen molar-refractivity contribution >= 4 is 0 Å². The molecule has 1 aliphatic heterocycles. The van der Waals surface area contributed by atoms with Gasteiger partial charge in [-0.25, -0.2) is 9.67 Å². The highest BCUT2D eigenvalue weighted by Gasteiger charge is 2.19. The Morgan fingerprint density at radius 1 is 1.14 bits per heavy atom. The van der Waals surface area contributed by atoms with Gasteiger partial charge in [0.2, 0.25) is 0 Å². The van der Waals surface area contributed by atoms with Crippen LogP contribution in [0.2, 0.25) is 0 Å². The maximum absolute atomic E-state index is 4.52. The Balaban J connectivity index is 1.61. The minimum Gasteiger partial charge on any atom is -0.342 e. The predicted molar refractivity (Wildman–Crippen MR) is 81.4 cm³/mol. The smallest absolute Gasteiger partial charge is 0.110 e. The second-order valence-corrected chi connectivity index (χ2v) is 5.38. The van der Waals surface area contributed by atoms with E-state index in [0.29, 0.717) is 5.92 Å². The largest absolute Gasteiger partial charge is 0.342 e. The molecule has 0 aliphatic carbocycles. The highest BCUT2D eigenvalue weighted by atomic mass is 15.3. The van der Waals surface area contributed by atoms with Gasteiger partial charge in [0.05, 0.1) is 23.8 Å². The number of nitrogens with zero attached hydrogens (tertiary/aromatic N) is 3. The fourth-order valence-corrected chi connectivity index (χ4v) is 2.76. The zero-order chi connectivity index (χ0) is 14.1. The monoisotopic (exact) mass is 279 g/mol. The molecule has 5 nitrogen and oxygen atoms in total. The topological polar surface area (TPSA) is 58.5 Å². The van der Waals surface area contributed by atoms with Crippen LogP contribution in [0.5, 0.6) is 0 Å². The van der Waals surface area contributed by atoms with Crippen molar-refractivity contribution < 1.29 is 0 Å². The second-order valence-electron chi connectivity index (χ2n) is 5.38. The van der Waals surface area contributed by atoms with Gasteiger partial charge in [0.1, 0.15) is 5.82 Å². The van der Waals surface area contributed by atoms with Crippen molar-refractivity contribution in [3.8, 4) is 16.9 Å². The number of imidazole rings is 1. The lowest BCUT2D eigenvalue weighted by atomic mass is 10.1. The summed E-state index contributed by atoms with van der Waals surface area (Å²) in [5.41, 5.74) is 3.14. The van der Waals surface area contributed by atoms with Gasteiger partial charge in [-0.15, -0.1) is 0 Å². The molecule has 5 heteroatoms. The molecule has 0 amide bonds. The molecule has 1 aliphatic rings. The molecular weight excluding hydrogens is 262 g/mol. The van der Waals surface area contributed by atoms with Crippen LogP contribution < -0.4 is 5.32 Å². The molecule has 3 heterocycles. The third-order valence-electron chi connectivity index (χ3n) is 3.96.